The van der Waals surface area contributed by atoms with Crippen LogP contribution in [0.1, 0.15) is 37.8 Å². The molecule has 1 unspecified atom stereocenters. The molecule has 1 aromatic carbocycles. The SMILES string of the molecule is CC(CO[B]O)Cc1cccc(C2(C)CC2)c1. The summed E-state index contributed by atoms with van der Waals surface area (Å²) in [5.41, 5.74) is 3.27. The van der Waals surface area contributed by atoms with E-state index in [4.69, 9.17) is 9.68 Å². The van der Waals surface area contributed by atoms with Crippen molar-refractivity contribution in [3.63, 3.8) is 0 Å². The lowest BCUT2D eigenvalue weighted by Crippen LogP contribution is -2.11. The molecule has 2 nitrogen and oxygen atoms in total. The molecule has 17 heavy (non-hydrogen) atoms. The topological polar surface area (TPSA) is 29.5 Å². The monoisotopic (exact) mass is 231 g/mol. The minimum Gasteiger partial charge on any atom is -0.429 e. The highest BCUT2D eigenvalue weighted by molar-refractivity contribution is 6.15. The van der Waals surface area contributed by atoms with Gasteiger partial charge in [0.15, 0.2) is 0 Å². The van der Waals surface area contributed by atoms with Crippen molar-refractivity contribution in [2.45, 2.75) is 38.5 Å². The van der Waals surface area contributed by atoms with Crippen LogP contribution >= 0.6 is 0 Å². The zero-order chi connectivity index (χ0) is 12.3. The van der Waals surface area contributed by atoms with Gasteiger partial charge in [0, 0.05) is 6.61 Å². The first-order valence-corrected chi connectivity index (χ1v) is 6.31. The van der Waals surface area contributed by atoms with Crippen LogP contribution in [-0.2, 0) is 16.5 Å². The van der Waals surface area contributed by atoms with E-state index in [1.165, 1.54) is 24.0 Å². The number of hydrogen-bond acceptors (Lipinski definition) is 2. The average molecular weight is 231 g/mol. The first-order valence-electron chi connectivity index (χ1n) is 6.31. The van der Waals surface area contributed by atoms with E-state index >= 15 is 0 Å². The van der Waals surface area contributed by atoms with Crippen molar-refractivity contribution in [3.05, 3.63) is 35.4 Å². The van der Waals surface area contributed by atoms with Crippen molar-refractivity contribution in [2.75, 3.05) is 6.61 Å². The third-order valence-corrected chi connectivity index (χ3v) is 3.66. The molecule has 1 saturated carbocycles. The summed E-state index contributed by atoms with van der Waals surface area (Å²) in [6.45, 7) is 5.03. The van der Waals surface area contributed by atoms with Crippen LogP contribution < -0.4 is 0 Å². The van der Waals surface area contributed by atoms with Crippen LogP contribution in [0.5, 0.6) is 0 Å². The summed E-state index contributed by atoms with van der Waals surface area (Å²) in [6.07, 6.45) is 3.63. The van der Waals surface area contributed by atoms with Crippen LogP contribution in [0, 0.1) is 5.92 Å². The lowest BCUT2D eigenvalue weighted by atomic mass is 9.93. The third-order valence-electron chi connectivity index (χ3n) is 3.66. The van der Waals surface area contributed by atoms with E-state index in [-0.39, 0.29) is 0 Å². The summed E-state index contributed by atoms with van der Waals surface area (Å²) in [6, 6.07) is 8.89. The van der Waals surface area contributed by atoms with Crippen LogP contribution in [0.2, 0.25) is 0 Å². The predicted octanol–water partition coefficient (Wildman–Crippen LogP) is 2.46. The molecule has 0 amide bonds. The predicted molar refractivity (Wildman–Crippen MR) is 69.8 cm³/mol. The van der Waals surface area contributed by atoms with Gasteiger partial charge < -0.3 is 9.68 Å². The van der Waals surface area contributed by atoms with Crippen LogP contribution in [0.3, 0.4) is 0 Å². The lowest BCUT2D eigenvalue weighted by Gasteiger charge is -2.14. The fourth-order valence-corrected chi connectivity index (χ4v) is 2.22. The van der Waals surface area contributed by atoms with Crippen molar-refractivity contribution < 1.29 is 9.68 Å². The van der Waals surface area contributed by atoms with Crippen molar-refractivity contribution in [2.24, 2.45) is 5.92 Å². The molecule has 91 valence electrons. The van der Waals surface area contributed by atoms with Gasteiger partial charge in [-0.2, -0.15) is 0 Å². The Morgan fingerprint density at radius 2 is 2.24 bits per heavy atom. The Balaban J connectivity index is 1.96. The van der Waals surface area contributed by atoms with Crippen molar-refractivity contribution in [1.82, 2.24) is 0 Å². The molecule has 1 aliphatic carbocycles. The van der Waals surface area contributed by atoms with Gasteiger partial charge in [0.25, 0.3) is 0 Å². The third kappa shape index (κ3) is 3.33. The van der Waals surface area contributed by atoms with Crippen molar-refractivity contribution in [3.8, 4) is 0 Å². The molecule has 0 aliphatic heterocycles. The molecule has 1 atom stereocenters. The second kappa shape index (κ2) is 5.24. The molecule has 2 rings (SSSR count). The molecule has 0 heterocycles. The summed E-state index contributed by atoms with van der Waals surface area (Å²) in [5.74, 6) is 0.417. The minimum atomic E-state index is 0.417. The summed E-state index contributed by atoms with van der Waals surface area (Å²) in [7, 11) is 0.776. The molecule has 1 aromatic rings. The first-order chi connectivity index (χ1) is 8.14. The van der Waals surface area contributed by atoms with Gasteiger partial charge in [-0.15, -0.1) is 0 Å². The maximum absolute atomic E-state index is 8.49. The Kier molecular flexibility index (Phi) is 3.90. The van der Waals surface area contributed by atoms with Gasteiger partial charge in [-0.1, -0.05) is 38.1 Å². The highest BCUT2D eigenvalue weighted by Gasteiger charge is 2.38. The highest BCUT2D eigenvalue weighted by atomic mass is 16.5. The molecule has 3 heteroatoms. The van der Waals surface area contributed by atoms with Crippen LogP contribution in [0.25, 0.3) is 0 Å². The maximum Gasteiger partial charge on any atom is 0.485 e. The molecule has 0 saturated heterocycles. The molecule has 1 aliphatic rings. The average Bonchev–Trinajstić information content (AvgIpc) is 3.06. The zero-order valence-electron chi connectivity index (χ0n) is 10.6. The summed E-state index contributed by atoms with van der Waals surface area (Å²) in [5, 5.41) is 8.49. The van der Waals surface area contributed by atoms with E-state index < -0.39 is 0 Å². The molecule has 0 bridgehead atoms. The molecule has 1 fully saturated rings. The largest absolute Gasteiger partial charge is 0.485 e. The maximum atomic E-state index is 8.49. The van der Waals surface area contributed by atoms with Gasteiger partial charge in [0.2, 0.25) is 0 Å². The van der Waals surface area contributed by atoms with Crippen molar-refractivity contribution >= 4 is 7.69 Å². The summed E-state index contributed by atoms with van der Waals surface area (Å²) in [4.78, 5) is 0. The minimum absolute atomic E-state index is 0.417. The first kappa shape index (κ1) is 12.7. The van der Waals surface area contributed by atoms with E-state index in [2.05, 4.69) is 38.1 Å². The molecule has 1 radical (unpaired) electrons. The van der Waals surface area contributed by atoms with E-state index in [9.17, 15) is 0 Å². The number of benzene rings is 1. The van der Waals surface area contributed by atoms with Crippen LogP contribution in [0.15, 0.2) is 24.3 Å². The van der Waals surface area contributed by atoms with Gasteiger partial charge in [-0.05, 0) is 41.7 Å². The standard InChI is InChI=1S/C14H20BO2/c1-11(10-17-15-16)8-12-4-3-5-13(9-12)14(2)6-7-14/h3-5,9,11,16H,6-8,10H2,1-2H3. The fraction of sp³-hybridized carbons (Fsp3) is 0.571. The van der Waals surface area contributed by atoms with Gasteiger partial charge in [-0.3, -0.25) is 0 Å². The number of hydrogen-bond donors (Lipinski definition) is 1. The van der Waals surface area contributed by atoms with E-state index in [1.807, 2.05) is 0 Å². The van der Waals surface area contributed by atoms with Crippen LogP contribution in [0.4, 0.5) is 0 Å². The van der Waals surface area contributed by atoms with E-state index in [1.54, 1.807) is 0 Å². The van der Waals surface area contributed by atoms with Crippen molar-refractivity contribution in [1.29, 1.82) is 0 Å². The summed E-state index contributed by atoms with van der Waals surface area (Å²) >= 11 is 0. The Labute approximate surface area is 104 Å². The van der Waals surface area contributed by atoms with Gasteiger partial charge in [-0.25, -0.2) is 0 Å². The number of rotatable bonds is 6. The quantitative estimate of drug-likeness (QED) is 0.762. The van der Waals surface area contributed by atoms with Gasteiger partial charge in [0.05, 0.1) is 0 Å². The Morgan fingerprint density at radius 3 is 2.88 bits per heavy atom. The Bertz CT molecular complexity index is 374. The summed E-state index contributed by atoms with van der Waals surface area (Å²) < 4.78 is 4.91. The molecular formula is C14H20BO2. The van der Waals surface area contributed by atoms with E-state index in [0.29, 0.717) is 17.9 Å². The molecule has 0 spiro atoms. The highest BCUT2D eigenvalue weighted by Crippen LogP contribution is 2.47. The second-order valence-electron chi connectivity index (χ2n) is 5.51. The van der Waals surface area contributed by atoms with E-state index in [0.717, 1.165) is 14.1 Å². The smallest absolute Gasteiger partial charge is 0.429 e. The van der Waals surface area contributed by atoms with Gasteiger partial charge >= 0.3 is 7.69 Å². The molecule has 0 aromatic heterocycles. The Hall–Kier alpha value is -0.795. The Morgan fingerprint density at radius 1 is 1.47 bits per heavy atom. The molecular weight excluding hydrogens is 211 g/mol. The second-order valence-corrected chi connectivity index (χ2v) is 5.51. The fourth-order valence-electron chi connectivity index (χ4n) is 2.22. The van der Waals surface area contributed by atoms with Gasteiger partial charge in [0.1, 0.15) is 0 Å². The lowest BCUT2D eigenvalue weighted by molar-refractivity contribution is 0.237. The zero-order valence-corrected chi connectivity index (χ0v) is 10.6. The van der Waals surface area contributed by atoms with Crippen LogP contribution in [-0.4, -0.2) is 19.3 Å². The molecule has 1 N–H and O–H groups in total. The normalized spacial score (nSPS) is 18.8.